The van der Waals surface area contributed by atoms with Gasteiger partial charge in [0.15, 0.2) is 0 Å². The summed E-state index contributed by atoms with van der Waals surface area (Å²) in [5.74, 6) is -0.631. The molecule has 0 radical (unpaired) electrons. The van der Waals surface area contributed by atoms with Crippen LogP contribution >= 0.6 is 0 Å². The quantitative estimate of drug-likeness (QED) is 0.480. The minimum Gasteiger partial charge on any atom is -0.379 e. The molecule has 0 heterocycles. The van der Waals surface area contributed by atoms with Crippen LogP contribution in [-0.4, -0.2) is 53.1 Å². The molecule has 0 saturated heterocycles. The normalized spacial score (nSPS) is 10.1. The minimum absolute atomic E-state index is 0. The van der Waals surface area contributed by atoms with E-state index in [-0.39, 0.29) is 21.6 Å². The molecule has 0 spiro atoms. The third-order valence-corrected chi connectivity index (χ3v) is 3.70. The van der Waals surface area contributed by atoms with Crippen LogP contribution in [0, 0.1) is 0 Å². The Morgan fingerprint density at radius 1 is 1.00 bits per heavy atom. The Morgan fingerprint density at radius 2 is 1.54 bits per heavy atom. The summed E-state index contributed by atoms with van der Waals surface area (Å²) in [7, 11) is -3.54. The summed E-state index contributed by atoms with van der Waals surface area (Å²) >= 11 is 0. The predicted molar refractivity (Wildman–Crippen MR) is 104 cm³/mol. The van der Waals surface area contributed by atoms with Gasteiger partial charge in [0.1, 0.15) is 0 Å². The predicted octanol–water partition coefficient (Wildman–Crippen LogP) is 2.55. The standard InChI is InChI=1S/C12H26N2O5S.2C2H6.2H2/c1-2-7-18-9-10-19-8-5-12(15)14-20(16,17)11-4-3-6-13;2*1-2;;/h2-11,13H2,1H3,(H,14,15);2*1-2H3;2*1H. The maximum absolute atomic E-state index is 11.5. The number of nitrogens with two attached hydrogens (primary N) is 1. The third kappa shape index (κ3) is 23.6. The van der Waals surface area contributed by atoms with E-state index in [2.05, 4.69) is 0 Å². The monoisotopic (exact) mass is 374 g/mol. The maximum atomic E-state index is 11.5. The summed E-state index contributed by atoms with van der Waals surface area (Å²) in [6.45, 7) is 12.2. The number of nitrogens with one attached hydrogen (secondary N) is 1. The number of amides is 1. The highest BCUT2D eigenvalue weighted by Gasteiger charge is 2.13. The molecule has 1 amide bonds. The Hall–Kier alpha value is -0.700. The fourth-order valence-corrected chi connectivity index (χ4v) is 2.48. The van der Waals surface area contributed by atoms with E-state index in [0.29, 0.717) is 39.2 Å². The summed E-state index contributed by atoms with van der Waals surface area (Å²) in [4.78, 5) is 11.4. The topological polar surface area (TPSA) is 108 Å². The molecule has 0 fully saturated rings. The van der Waals surface area contributed by atoms with Crippen molar-refractivity contribution in [2.45, 2.75) is 60.3 Å². The molecule has 0 aromatic heterocycles. The van der Waals surface area contributed by atoms with Crippen molar-refractivity contribution < 1.29 is 25.5 Å². The number of sulfonamides is 1. The van der Waals surface area contributed by atoms with Gasteiger partial charge in [0.2, 0.25) is 15.9 Å². The van der Waals surface area contributed by atoms with Crippen molar-refractivity contribution in [3.63, 3.8) is 0 Å². The lowest BCUT2D eigenvalue weighted by Gasteiger charge is -2.07. The number of unbranched alkanes of at least 4 members (excludes halogenated alkanes) is 1. The number of rotatable bonds is 13. The Bertz CT molecular complexity index is 359. The summed E-state index contributed by atoms with van der Waals surface area (Å²) < 4.78 is 35.3. The van der Waals surface area contributed by atoms with Crippen molar-refractivity contribution in [1.82, 2.24) is 4.72 Å². The summed E-state index contributed by atoms with van der Waals surface area (Å²) in [6, 6.07) is 0. The van der Waals surface area contributed by atoms with Crippen molar-refractivity contribution >= 4 is 15.9 Å². The molecule has 7 nitrogen and oxygen atoms in total. The van der Waals surface area contributed by atoms with E-state index in [4.69, 9.17) is 15.2 Å². The second-order valence-electron chi connectivity index (χ2n) is 4.31. The van der Waals surface area contributed by atoms with E-state index in [9.17, 15) is 13.2 Å². The molecule has 24 heavy (non-hydrogen) atoms. The largest absolute Gasteiger partial charge is 0.379 e. The van der Waals surface area contributed by atoms with Gasteiger partial charge in [0.05, 0.1) is 32.0 Å². The Morgan fingerprint density at radius 3 is 2.04 bits per heavy atom. The van der Waals surface area contributed by atoms with Crippen LogP contribution in [0.1, 0.15) is 63.2 Å². The van der Waals surface area contributed by atoms with E-state index in [0.717, 1.165) is 6.42 Å². The maximum Gasteiger partial charge on any atom is 0.235 e. The molecule has 0 unspecified atom stereocenters. The second-order valence-corrected chi connectivity index (χ2v) is 6.16. The molecule has 0 aromatic rings. The Balaban J connectivity index is -0.000000227. The minimum atomic E-state index is -3.54. The van der Waals surface area contributed by atoms with Crippen LogP contribution in [0.2, 0.25) is 0 Å². The lowest BCUT2D eigenvalue weighted by Crippen LogP contribution is -2.33. The Kier molecular flexibility index (Phi) is 26.1. The first-order valence-corrected chi connectivity index (χ1v) is 10.6. The highest BCUT2D eigenvalue weighted by atomic mass is 32.2. The van der Waals surface area contributed by atoms with Crippen LogP contribution in [-0.2, 0) is 24.3 Å². The van der Waals surface area contributed by atoms with Crippen LogP contribution < -0.4 is 10.5 Å². The fourth-order valence-electron chi connectivity index (χ4n) is 1.34. The molecule has 0 aromatic carbocycles. The molecule has 0 aliphatic heterocycles. The fraction of sp³-hybridized carbons (Fsp3) is 0.938. The number of hydrogen-bond donors (Lipinski definition) is 2. The van der Waals surface area contributed by atoms with Gasteiger partial charge in [0.25, 0.3) is 0 Å². The van der Waals surface area contributed by atoms with E-state index in [1.807, 2.05) is 39.3 Å². The van der Waals surface area contributed by atoms with E-state index in [1.54, 1.807) is 0 Å². The average molecular weight is 375 g/mol. The molecular formula is C16H42N2O5S. The first-order valence-electron chi connectivity index (χ1n) is 8.90. The molecule has 152 valence electrons. The highest BCUT2D eigenvalue weighted by Crippen LogP contribution is 1.94. The van der Waals surface area contributed by atoms with Crippen molar-refractivity contribution in [3.05, 3.63) is 0 Å². The van der Waals surface area contributed by atoms with Gasteiger partial charge in [-0.2, -0.15) is 0 Å². The third-order valence-electron chi connectivity index (χ3n) is 2.33. The number of ether oxygens (including phenoxy) is 2. The zero-order chi connectivity index (χ0) is 19.3. The molecule has 0 atom stereocenters. The van der Waals surface area contributed by atoms with Gasteiger partial charge in [-0.25, -0.2) is 8.42 Å². The van der Waals surface area contributed by atoms with E-state index < -0.39 is 15.9 Å². The van der Waals surface area contributed by atoms with E-state index >= 15 is 0 Å². The first kappa shape index (κ1) is 28.1. The summed E-state index contributed by atoms with van der Waals surface area (Å²) in [5.41, 5.74) is 5.27. The van der Waals surface area contributed by atoms with Crippen LogP contribution in [0.3, 0.4) is 0 Å². The molecule has 8 heteroatoms. The first-order chi connectivity index (χ1) is 11.5. The van der Waals surface area contributed by atoms with Gasteiger partial charge in [-0.3, -0.25) is 9.52 Å². The van der Waals surface area contributed by atoms with Crippen molar-refractivity contribution in [2.75, 3.05) is 38.7 Å². The van der Waals surface area contributed by atoms with Crippen LogP contribution in [0.25, 0.3) is 0 Å². The average Bonchev–Trinajstić information content (AvgIpc) is 2.57. The van der Waals surface area contributed by atoms with E-state index in [1.165, 1.54) is 0 Å². The molecule has 0 bridgehead atoms. The van der Waals surface area contributed by atoms with Crippen LogP contribution in [0.4, 0.5) is 0 Å². The Labute approximate surface area is 151 Å². The zero-order valence-corrected chi connectivity index (χ0v) is 16.9. The molecule has 0 aliphatic carbocycles. The lowest BCUT2D eigenvalue weighted by molar-refractivity contribution is -0.120. The van der Waals surface area contributed by atoms with Crippen LogP contribution in [0.15, 0.2) is 0 Å². The molecule has 3 N–H and O–H groups in total. The highest BCUT2D eigenvalue weighted by molar-refractivity contribution is 7.90. The summed E-state index contributed by atoms with van der Waals surface area (Å²) in [6.07, 6.45) is 2.04. The van der Waals surface area contributed by atoms with Gasteiger partial charge in [-0.15, -0.1) is 0 Å². The molecule has 0 rings (SSSR count). The molecule has 0 saturated carbocycles. The van der Waals surface area contributed by atoms with Gasteiger partial charge in [-0.05, 0) is 25.8 Å². The smallest absolute Gasteiger partial charge is 0.235 e. The summed E-state index contributed by atoms with van der Waals surface area (Å²) in [5, 5.41) is 0. The second kappa shape index (κ2) is 22.3. The van der Waals surface area contributed by atoms with Gasteiger partial charge in [-0.1, -0.05) is 34.6 Å². The van der Waals surface area contributed by atoms with Crippen LogP contribution in [0.5, 0.6) is 0 Å². The molecule has 0 aliphatic rings. The van der Waals surface area contributed by atoms with Crippen molar-refractivity contribution in [3.8, 4) is 0 Å². The van der Waals surface area contributed by atoms with Crippen molar-refractivity contribution in [2.24, 2.45) is 5.73 Å². The number of carbonyl (C=O) groups excluding carboxylic acids is 1. The number of carbonyl (C=O) groups is 1. The zero-order valence-electron chi connectivity index (χ0n) is 16.1. The van der Waals surface area contributed by atoms with Gasteiger partial charge in [0, 0.05) is 9.46 Å². The van der Waals surface area contributed by atoms with Gasteiger partial charge >= 0.3 is 0 Å². The SMILES string of the molecule is CC.CC.CCCOCCOCCC(=O)NS(=O)(=O)CCCCN.[HH].[HH]. The lowest BCUT2D eigenvalue weighted by atomic mass is 10.3. The van der Waals surface area contributed by atoms with Crippen molar-refractivity contribution in [1.29, 1.82) is 0 Å². The number of hydrogen-bond acceptors (Lipinski definition) is 6. The molecular weight excluding hydrogens is 332 g/mol. The van der Waals surface area contributed by atoms with Gasteiger partial charge < -0.3 is 15.2 Å².